The largest absolute Gasteiger partial charge is 0.396 e. The van der Waals surface area contributed by atoms with E-state index in [1.807, 2.05) is 0 Å². The molecule has 0 amide bonds. The van der Waals surface area contributed by atoms with Gasteiger partial charge >= 0.3 is 0 Å². The van der Waals surface area contributed by atoms with Gasteiger partial charge in [-0.1, -0.05) is 36.5 Å². The highest BCUT2D eigenvalue weighted by molar-refractivity contribution is 4.97. The Kier molecular flexibility index (Phi) is 6.09. The normalized spacial score (nSPS) is 31.1. The van der Waals surface area contributed by atoms with E-state index >= 15 is 0 Å². The molecule has 0 radical (unpaired) electrons. The van der Waals surface area contributed by atoms with E-state index < -0.39 is 0 Å². The van der Waals surface area contributed by atoms with E-state index in [0.717, 1.165) is 32.1 Å². The average Bonchev–Trinajstić information content (AvgIpc) is 2.19. The number of aliphatic hydroxyl groups is 1. The van der Waals surface area contributed by atoms with Crippen molar-refractivity contribution in [3.8, 4) is 0 Å². The SMILES string of the molecule is OCC1/C=C/CC/C=C/CC/C=C/C1. The van der Waals surface area contributed by atoms with Gasteiger partial charge in [-0.15, -0.1) is 0 Å². The Morgan fingerprint density at radius 3 is 2.07 bits per heavy atom. The summed E-state index contributed by atoms with van der Waals surface area (Å²) < 4.78 is 0. The van der Waals surface area contributed by atoms with Crippen molar-refractivity contribution < 1.29 is 5.11 Å². The molecule has 14 heavy (non-hydrogen) atoms. The van der Waals surface area contributed by atoms with E-state index in [1.54, 1.807) is 0 Å². The summed E-state index contributed by atoms with van der Waals surface area (Å²) in [6, 6.07) is 0. The third-order valence-corrected chi connectivity index (χ3v) is 2.41. The summed E-state index contributed by atoms with van der Waals surface area (Å²) >= 11 is 0. The molecule has 0 aromatic rings. The molecule has 1 nitrogen and oxygen atoms in total. The van der Waals surface area contributed by atoms with Crippen LogP contribution in [0.25, 0.3) is 0 Å². The summed E-state index contributed by atoms with van der Waals surface area (Å²) in [6.07, 6.45) is 18.7. The van der Waals surface area contributed by atoms with Crippen LogP contribution in [0.1, 0.15) is 32.1 Å². The molecule has 1 aliphatic carbocycles. The Bertz CT molecular complexity index is 213. The lowest BCUT2D eigenvalue weighted by atomic mass is 10.0. The minimum atomic E-state index is 0.261. The fourth-order valence-corrected chi connectivity index (χ4v) is 1.51. The number of hydrogen-bond donors (Lipinski definition) is 1. The second kappa shape index (κ2) is 7.57. The molecule has 0 aromatic heterocycles. The molecule has 78 valence electrons. The van der Waals surface area contributed by atoms with Crippen LogP contribution in [0.5, 0.6) is 0 Å². The number of hydrogen-bond acceptors (Lipinski definition) is 1. The zero-order chi connectivity index (χ0) is 10.1. The van der Waals surface area contributed by atoms with Crippen LogP contribution in [-0.4, -0.2) is 11.7 Å². The molecule has 0 fully saturated rings. The first-order chi connectivity index (χ1) is 6.93. The smallest absolute Gasteiger partial charge is 0.0496 e. The summed E-state index contributed by atoms with van der Waals surface area (Å²) in [5.41, 5.74) is 0. The number of aliphatic hydroxyl groups excluding tert-OH is 1. The molecule has 0 saturated heterocycles. The predicted octanol–water partition coefficient (Wildman–Crippen LogP) is 3.23. The molecule has 1 unspecified atom stereocenters. The van der Waals surface area contributed by atoms with Crippen LogP contribution in [-0.2, 0) is 0 Å². The second-order valence-electron chi connectivity index (χ2n) is 3.70. The van der Waals surface area contributed by atoms with Gasteiger partial charge in [0.2, 0.25) is 0 Å². The maximum absolute atomic E-state index is 9.10. The second-order valence-corrected chi connectivity index (χ2v) is 3.70. The van der Waals surface area contributed by atoms with Crippen molar-refractivity contribution in [2.45, 2.75) is 32.1 Å². The van der Waals surface area contributed by atoms with Crippen LogP contribution in [0.4, 0.5) is 0 Å². The molecule has 0 spiro atoms. The Labute approximate surface area is 86.8 Å². The zero-order valence-electron chi connectivity index (χ0n) is 8.73. The molecule has 0 aromatic carbocycles. The van der Waals surface area contributed by atoms with Crippen LogP contribution in [0.3, 0.4) is 0 Å². The van der Waals surface area contributed by atoms with E-state index in [9.17, 15) is 0 Å². The van der Waals surface area contributed by atoms with E-state index in [-0.39, 0.29) is 6.61 Å². The summed E-state index contributed by atoms with van der Waals surface area (Å²) in [6.45, 7) is 0.261. The van der Waals surface area contributed by atoms with Gasteiger partial charge in [0.15, 0.2) is 0 Å². The molecule has 0 saturated carbocycles. The highest BCUT2D eigenvalue weighted by Crippen LogP contribution is 2.09. The summed E-state index contributed by atoms with van der Waals surface area (Å²) in [7, 11) is 0. The van der Waals surface area contributed by atoms with E-state index in [1.165, 1.54) is 0 Å². The first-order valence-electron chi connectivity index (χ1n) is 5.51. The fourth-order valence-electron chi connectivity index (χ4n) is 1.51. The van der Waals surface area contributed by atoms with Crippen LogP contribution < -0.4 is 0 Å². The third kappa shape index (κ3) is 5.03. The van der Waals surface area contributed by atoms with Crippen molar-refractivity contribution in [2.24, 2.45) is 5.92 Å². The Morgan fingerprint density at radius 1 is 0.857 bits per heavy atom. The van der Waals surface area contributed by atoms with Crippen molar-refractivity contribution in [1.82, 2.24) is 0 Å². The quantitative estimate of drug-likeness (QED) is 0.632. The topological polar surface area (TPSA) is 20.2 Å². The Hall–Kier alpha value is -0.820. The zero-order valence-corrected chi connectivity index (χ0v) is 8.73. The number of allylic oxidation sites excluding steroid dienone is 5. The maximum atomic E-state index is 9.10. The van der Waals surface area contributed by atoms with Gasteiger partial charge in [0.25, 0.3) is 0 Å². The standard InChI is InChI=1S/C13H20O/c14-12-13-10-8-6-4-2-1-3-5-7-9-11-13/h1-2,7-10,13-14H,3-6,11-12H2/b2-1+,9-7+,10-8+. The molecule has 1 heteroatoms. The van der Waals surface area contributed by atoms with Gasteiger partial charge in [0.1, 0.15) is 0 Å². The van der Waals surface area contributed by atoms with Crippen molar-refractivity contribution in [3.05, 3.63) is 36.5 Å². The lowest BCUT2D eigenvalue weighted by molar-refractivity contribution is 0.253. The Morgan fingerprint density at radius 2 is 1.43 bits per heavy atom. The molecular weight excluding hydrogens is 172 g/mol. The van der Waals surface area contributed by atoms with Crippen LogP contribution in [0, 0.1) is 5.92 Å². The minimum absolute atomic E-state index is 0.261. The van der Waals surface area contributed by atoms with Crippen molar-refractivity contribution in [3.63, 3.8) is 0 Å². The van der Waals surface area contributed by atoms with E-state index in [2.05, 4.69) is 36.5 Å². The van der Waals surface area contributed by atoms with Crippen molar-refractivity contribution in [1.29, 1.82) is 0 Å². The predicted molar refractivity (Wildman–Crippen MR) is 61.1 cm³/mol. The lowest BCUT2D eigenvalue weighted by Gasteiger charge is -2.05. The summed E-state index contributed by atoms with van der Waals surface area (Å²) in [5.74, 6) is 0.314. The molecule has 0 aliphatic heterocycles. The monoisotopic (exact) mass is 192 g/mol. The van der Waals surface area contributed by atoms with Crippen LogP contribution in [0.15, 0.2) is 36.5 Å². The maximum Gasteiger partial charge on any atom is 0.0496 e. The Balaban J connectivity index is 2.46. The molecule has 1 atom stereocenters. The lowest BCUT2D eigenvalue weighted by Crippen LogP contribution is -2.00. The third-order valence-electron chi connectivity index (χ3n) is 2.41. The van der Waals surface area contributed by atoms with E-state index in [4.69, 9.17) is 5.11 Å². The molecule has 1 aliphatic rings. The van der Waals surface area contributed by atoms with Gasteiger partial charge < -0.3 is 5.11 Å². The summed E-state index contributed by atoms with van der Waals surface area (Å²) in [5, 5.41) is 9.10. The molecule has 1 rings (SSSR count). The molecular formula is C13H20O. The highest BCUT2D eigenvalue weighted by atomic mass is 16.3. The van der Waals surface area contributed by atoms with Gasteiger partial charge in [0, 0.05) is 12.5 Å². The van der Waals surface area contributed by atoms with Crippen LogP contribution in [0.2, 0.25) is 0 Å². The van der Waals surface area contributed by atoms with Gasteiger partial charge in [-0.25, -0.2) is 0 Å². The fraction of sp³-hybridized carbons (Fsp3) is 0.538. The van der Waals surface area contributed by atoms with Gasteiger partial charge in [-0.2, -0.15) is 0 Å². The van der Waals surface area contributed by atoms with Gasteiger partial charge in [-0.05, 0) is 32.1 Å². The van der Waals surface area contributed by atoms with Gasteiger partial charge in [-0.3, -0.25) is 0 Å². The molecule has 0 heterocycles. The molecule has 0 bridgehead atoms. The van der Waals surface area contributed by atoms with Gasteiger partial charge in [0.05, 0.1) is 0 Å². The van der Waals surface area contributed by atoms with Crippen molar-refractivity contribution >= 4 is 0 Å². The first kappa shape index (κ1) is 11.3. The van der Waals surface area contributed by atoms with E-state index in [0.29, 0.717) is 5.92 Å². The average molecular weight is 192 g/mol. The first-order valence-corrected chi connectivity index (χ1v) is 5.51. The van der Waals surface area contributed by atoms with Crippen LogP contribution >= 0.6 is 0 Å². The van der Waals surface area contributed by atoms with Crippen molar-refractivity contribution in [2.75, 3.05) is 6.61 Å². The summed E-state index contributed by atoms with van der Waals surface area (Å²) in [4.78, 5) is 0. The minimum Gasteiger partial charge on any atom is -0.396 e. The molecule has 1 N–H and O–H groups in total. The highest BCUT2D eigenvalue weighted by Gasteiger charge is 1.99. The number of rotatable bonds is 1.